The average molecular weight is 333 g/mol. The normalized spacial score (nSPS) is 16.1. The quantitative estimate of drug-likeness (QED) is 0.452. The van der Waals surface area contributed by atoms with Gasteiger partial charge in [0.15, 0.2) is 0 Å². The van der Waals surface area contributed by atoms with Gasteiger partial charge in [0.25, 0.3) is 0 Å². The molecule has 1 aromatic carbocycles. The number of amides is 1. The molecule has 2 rings (SSSR count). The molecule has 1 aromatic rings. The molecule has 1 atom stereocenters. The first kappa shape index (κ1) is 18.3. The number of fused-ring (bicyclic) bond motifs is 1. The number of carbonyl (C=O) groups is 2. The van der Waals surface area contributed by atoms with Gasteiger partial charge >= 0.3 is 13.1 Å². The SMILES string of the molecule is CCCCCOC(=O)c1cccc2c1OB(O)C(NC(=O)CC)C2. The van der Waals surface area contributed by atoms with E-state index in [-0.39, 0.29) is 5.91 Å². The summed E-state index contributed by atoms with van der Waals surface area (Å²) in [5.74, 6) is -0.794. The summed E-state index contributed by atoms with van der Waals surface area (Å²) in [5.41, 5.74) is 1.08. The lowest BCUT2D eigenvalue weighted by Crippen LogP contribution is -2.53. The third-order valence-electron chi connectivity index (χ3n) is 3.99. The van der Waals surface area contributed by atoms with E-state index in [0.717, 1.165) is 24.8 Å². The Morgan fingerprint density at radius 3 is 2.88 bits per heavy atom. The highest BCUT2D eigenvalue weighted by atomic mass is 16.5. The van der Waals surface area contributed by atoms with Crippen LogP contribution in [0, 0.1) is 0 Å². The number of ether oxygens (including phenoxy) is 1. The van der Waals surface area contributed by atoms with E-state index in [1.807, 2.05) is 6.07 Å². The van der Waals surface area contributed by atoms with Crippen LogP contribution in [0.4, 0.5) is 0 Å². The minimum atomic E-state index is -1.19. The van der Waals surface area contributed by atoms with Crippen molar-refractivity contribution >= 4 is 19.0 Å². The van der Waals surface area contributed by atoms with E-state index in [2.05, 4.69) is 12.2 Å². The van der Waals surface area contributed by atoms with Crippen molar-refractivity contribution in [1.82, 2.24) is 5.32 Å². The van der Waals surface area contributed by atoms with Crippen molar-refractivity contribution in [2.24, 2.45) is 0 Å². The smallest absolute Gasteiger partial charge is 0.534 e. The van der Waals surface area contributed by atoms with Crippen molar-refractivity contribution < 1.29 is 24.0 Å². The van der Waals surface area contributed by atoms with Gasteiger partial charge in [0.05, 0.1) is 12.5 Å². The molecule has 6 nitrogen and oxygen atoms in total. The number of hydrogen-bond acceptors (Lipinski definition) is 5. The Morgan fingerprint density at radius 2 is 2.17 bits per heavy atom. The first-order chi connectivity index (χ1) is 11.6. The molecule has 1 aliphatic rings. The van der Waals surface area contributed by atoms with Crippen LogP contribution in [0.5, 0.6) is 5.75 Å². The lowest BCUT2D eigenvalue weighted by molar-refractivity contribution is -0.121. The fraction of sp³-hybridized carbons (Fsp3) is 0.529. The minimum Gasteiger partial charge on any atom is -0.534 e. The maximum absolute atomic E-state index is 12.2. The Bertz CT molecular complexity index is 592. The second-order valence-corrected chi connectivity index (χ2v) is 5.88. The van der Waals surface area contributed by atoms with Gasteiger partial charge < -0.3 is 19.7 Å². The van der Waals surface area contributed by atoms with E-state index in [9.17, 15) is 14.6 Å². The summed E-state index contributed by atoms with van der Waals surface area (Å²) in [6.07, 6.45) is 3.62. The summed E-state index contributed by atoms with van der Waals surface area (Å²) >= 11 is 0. The number of unbranched alkanes of at least 4 members (excludes halogenated alkanes) is 2. The molecular formula is C17H24BNO5. The van der Waals surface area contributed by atoms with Crippen LogP contribution < -0.4 is 9.97 Å². The molecule has 0 saturated carbocycles. The van der Waals surface area contributed by atoms with Crippen molar-refractivity contribution in [3.63, 3.8) is 0 Å². The second-order valence-electron chi connectivity index (χ2n) is 5.88. The molecule has 1 aliphatic heterocycles. The molecule has 1 unspecified atom stereocenters. The topological polar surface area (TPSA) is 84.9 Å². The first-order valence-electron chi connectivity index (χ1n) is 8.49. The Labute approximate surface area is 142 Å². The zero-order valence-electron chi connectivity index (χ0n) is 14.2. The van der Waals surface area contributed by atoms with Gasteiger partial charge in [-0.15, -0.1) is 0 Å². The largest absolute Gasteiger partial charge is 0.547 e. The number of esters is 1. The van der Waals surface area contributed by atoms with E-state index < -0.39 is 19.0 Å². The van der Waals surface area contributed by atoms with Gasteiger partial charge in [0.2, 0.25) is 5.91 Å². The van der Waals surface area contributed by atoms with Crippen molar-refractivity contribution in [3.05, 3.63) is 29.3 Å². The molecule has 2 N–H and O–H groups in total. The number of para-hydroxylation sites is 1. The predicted octanol–water partition coefficient (Wildman–Crippen LogP) is 1.88. The zero-order valence-corrected chi connectivity index (χ0v) is 14.2. The molecule has 0 radical (unpaired) electrons. The fourth-order valence-electron chi connectivity index (χ4n) is 2.61. The van der Waals surface area contributed by atoms with Crippen LogP contribution in [-0.4, -0.2) is 36.6 Å². The molecule has 1 amide bonds. The maximum Gasteiger partial charge on any atom is 0.547 e. The summed E-state index contributed by atoms with van der Waals surface area (Å²) in [5, 5.41) is 12.8. The van der Waals surface area contributed by atoms with Gasteiger partial charge in [0.1, 0.15) is 11.3 Å². The number of benzene rings is 1. The monoisotopic (exact) mass is 333 g/mol. The lowest BCUT2D eigenvalue weighted by atomic mass is 9.72. The Balaban J connectivity index is 2.09. The summed E-state index contributed by atoms with van der Waals surface area (Å²) in [4.78, 5) is 23.8. The number of nitrogens with one attached hydrogen (secondary N) is 1. The van der Waals surface area contributed by atoms with E-state index in [0.29, 0.717) is 30.8 Å². The molecular weight excluding hydrogens is 309 g/mol. The summed E-state index contributed by atoms with van der Waals surface area (Å²) in [7, 11) is -1.19. The average Bonchev–Trinajstić information content (AvgIpc) is 2.58. The highest BCUT2D eigenvalue weighted by Gasteiger charge is 2.37. The molecule has 0 saturated heterocycles. The maximum atomic E-state index is 12.2. The van der Waals surface area contributed by atoms with E-state index in [1.54, 1.807) is 19.1 Å². The van der Waals surface area contributed by atoms with Crippen LogP contribution in [0.1, 0.15) is 55.5 Å². The van der Waals surface area contributed by atoms with Crippen LogP contribution in [-0.2, 0) is 16.0 Å². The van der Waals surface area contributed by atoms with Gasteiger partial charge in [0, 0.05) is 6.42 Å². The number of rotatable bonds is 7. The molecule has 7 heteroatoms. The van der Waals surface area contributed by atoms with E-state index >= 15 is 0 Å². The summed E-state index contributed by atoms with van der Waals surface area (Å²) < 4.78 is 10.8. The van der Waals surface area contributed by atoms with Crippen LogP contribution in [0.15, 0.2) is 18.2 Å². The first-order valence-corrected chi connectivity index (χ1v) is 8.49. The number of hydrogen-bond donors (Lipinski definition) is 2. The molecule has 130 valence electrons. The molecule has 1 heterocycles. The number of carbonyl (C=O) groups excluding carboxylic acids is 2. The Morgan fingerprint density at radius 1 is 1.38 bits per heavy atom. The molecule has 0 aromatic heterocycles. The molecule has 0 spiro atoms. The molecule has 24 heavy (non-hydrogen) atoms. The van der Waals surface area contributed by atoms with E-state index in [1.165, 1.54) is 0 Å². The fourth-order valence-corrected chi connectivity index (χ4v) is 2.61. The second kappa shape index (κ2) is 8.73. The van der Waals surface area contributed by atoms with Crippen molar-refractivity contribution in [3.8, 4) is 5.75 Å². The Hall–Kier alpha value is -2.02. The Kier molecular flexibility index (Phi) is 6.67. The highest BCUT2D eigenvalue weighted by molar-refractivity contribution is 6.47. The lowest BCUT2D eigenvalue weighted by Gasteiger charge is -2.29. The van der Waals surface area contributed by atoms with Crippen LogP contribution in [0.2, 0.25) is 0 Å². The summed E-state index contributed by atoms with van der Waals surface area (Å²) in [6, 6.07) is 5.19. The standard InChI is InChI=1S/C17H24BNO5/c1-3-5-6-10-23-17(21)13-9-7-8-12-11-14(19-15(20)4-2)18(22)24-16(12)13/h7-9,14,22H,3-6,10-11H2,1-2H3,(H,19,20). The van der Waals surface area contributed by atoms with Gasteiger partial charge in [-0.3, -0.25) is 4.79 Å². The van der Waals surface area contributed by atoms with Crippen LogP contribution >= 0.6 is 0 Å². The van der Waals surface area contributed by atoms with Crippen molar-refractivity contribution in [1.29, 1.82) is 0 Å². The highest BCUT2D eigenvalue weighted by Crippen LogP contribution is 2.30. The van der Waals surface area contributed by atoms with Crippen molar-refractivity contribution in [2.45, 2.75) is 51.9 Å². The minimum absolute atomic E-state index is 0.155. The molecule has 0 bridgehead atoms. The third-order valence-corrected chi connectivity index (χ3v) is 3.99. The molecule has 0 fully saturated rings. The zero-order chi connectivity index (χ0) is 17.5. The van der Waals surface area contributed by atoms with Gasteiger partial charge in [-0.05, 0) is 24.5 Å². The van der Waals surface area contributed by atoms with Gasteiger partial charge in [-0.2, -0.15) is 0 Å². The van der Waals surface area contributed by atoms with Crippen LogP contribution in [0.25, 0.3) is 0 Å². The van der Waals surface area contributed by atoms with Crippen LogP contribution in [0.3, 0.4) is 0 Å². The van der Waals surface area contributed by atoms with Crippen molar-refractivity contribution in [2.75, 3.05) is 6.61 Å². The predicted molar refractivity (Wildman–Crippen MR) is 90.8 cm³/mol. The summed E-state index contributed by atoms with van der Waals surface area (Å²) in [6.45, 7) is 4.19. The van der Waals surface area contributed by atoms with E-state index in [4.69, 9.17) is 9.39 Å². The van der Waals surface area contributed by atoms with Gasteiger partial charge in [-0.1, -0.05) is 38.8 Å². The third kappa shape index (κ3) is 4.51. The molecule has 0 aliphatic carbocycles. The van der Waals surface area contributed by atoms with Gasteiger partial charge in [-0.25, -0.2) is 4.79 Å².